The number of ether oxygens (including phenoxy) is 1. The maximum absolute atomic E-state index is 5.30. The Morgan fingerprint density at radius 3 is 3.21 bits per heavy atom. The van der Waals surface area contributed by atoms with Crippen molar-refractivity contribution in [2.45, 2.75) is 6.61 Å². The van der Waals surface area contributed by atoms with Gasteiger partial charge in [0.2, 0.25) is 0 Å². The Balaban J connectivity index is 2.17. The molecule has 2 aromatic rings. The van der Waals surface area contributed by atoms with E-state index in [0.717, 1.165) is 5.82 Å². The molecule has 6 heteroatoms. The van der Waals surface area contributed by atoms with Crippen LogP contribution < -0.4 is 5.73 Å². The van der Waals surface area contributed by atoms with Crippen LogP contribution in [0.25, 0.3) is 5.78 Å². The maximum atomic E-state index is 5.30. The summed E-state index contributed by atoms with van der Waals surface area (Å²) in [5, 5.41) is 7.84. The van der Waals surface area contributed by atoms with Crippen molar-refractivity contribution in [2.75, 3.05) is 13.2 Å². The van der Waals surface area contributed by atoms with E-state index in [1.807, 2.05) is 12.3 Å². The zero-order valence-electron chi connectivity index (χ0n) is 7.63. The fourth-order valence-electron chi connectivity index (χ4n) is 1.13. The van der Waals surface area contributed by atoms with Crippen molar-refractivity contribution in [1.82, 2.24) is 19.6 Å². The predicted molar refractivity (Wildman–Crippen MR) is 49.5 cm³/mol. The lowest BCUT2D eigenvalue weighted by atomic mass is 10.6. The number of rotatable bonds is 4. The van der Waals surface area contributed by atoms with Gasteiger partial charge >= 0.3 is 0 Å². The molecule has 0 aromatic carbocycles. The van der Waals surface area contributed by atoms with E-state index in [0.29, 0.717) is 25.5 Å². The summed E-state index contributed by atoms with van der Waals surface area (Å²) in [4.78, 5) is 4.04. The van der Waals surface area contributed by atoms with Crippen molar-refractivity contribution in [2.24, 2.45) is 5.73 Å². The monoisotopic (exact) mass is 193 g/mol. The van der Waals surface area contributed by atoms with Gasteiger partial charge in [-0.05, 0) is 6.07 Å². The van der Waals surface area contributed by atoms with Crippen LogP contribution in [-0.2, 0) is 11.3 Å². The molecule has 2 N–H and O–H groups in total. The van der Waals surface area contributed by atoms with Crippen LogP contribution in [-0.4, -0.2) is 32.7 Å². The normalized spacial score (nSPS) is 10.9. The molecule has 74 valence electrons. The average molecular weight is 193 g/mol. The highest BCUT2D eigenvalue weighted by Crippen LogP contribution is 2.00. The Morgan fingerprint density at radius 1 is 1.43 bits per heavy atom. The molecule has 0 fully saturated rings. The number of fused-ring (bicyclic) bond motifs is 1. The molecule has 2 aromatic heterocycles. The minimum Gasteiger partial charge on any atom is -0.372 e. The Hall–Kier alpha value is -1.53. The molecule has 2 rings (SSSR count). The van der Waals surface area contributed by atoms with Crippen molar-refractivity contribution in [3.8, 4) is 0 Å². The average Bonchev–Trinajstić information content (AvgIpc) is 2.63. The summed E-state index contributed by atoms with van der Waals surface area (Å²) < 4.78 is 7.05. The van der Waals surface area contributed by atoms with Crippen molar-refractivity contribution < 1.29 is 4.74 Å². The quantitative estimate of drug-likeness (QED) is 0.668. The van der Waals surface area contributed by atoms with Gasteiger partial charge in [-0.1, -0.05) is 0 Å². The minimum atomic E-state index is 0.407. The number of hydrogen-bond donors (Lipinski definition) is 1. The van der Waals surface area contributed by atoms with Crippen LogP contribution in [0, 0.1) is 0 Å². The Kier molecular flexibility index (Phi) is 2.66. The second-order valence-electron chi connectivity index (χ2n) is 2.75. The number of nitrogens with zero attached hydrogens (tertiary/aromatic N) is 4. The van der Waals surface area contributed by atoms with Gasteiger partial charge in [0.1, 0.15) is 6.61 Å². The lowest BCUT2D eigenvalue weighted by Gasteiger charge is -1.99. The molecule has 2 heterocycles. The third-order valence-electron chi connectivity index (χ3n) is 1.75. The van der Waals surface area contributed by atoms with E-state index < -0.39 is 0 Å². The first-order chi connectivity index (χ1) is 6.92. The first kappa shape index (κ1) is 9.04. The summed E-state index contributed by atoms with van der Waals surface area (Å²) in [7, 11) is 0. The zero-order valence-corrected chi connectivity index (χ0v) is 7.63. The Labute approximate surface area is 80.7 Å². The lowest BCUT2D eigenvalue weighted by Crippen LogP contribution is -2.09. The molecule has 0 aliphatic heterocycles. The topological polar surface area (TPSA) is 78.3 Å². The van der Waals surface area contributed by atoms with Gasteiger partial charge < -0.3 is 10.5 Å². The van der Waals surface area contributed by atoms with E-state index in [9.17, 15) is 0 Å². The molecule has 0 unspecified atom stereocenters. The minimum absolute atomic E-state index is 0.407. The van der Waals surface area contributed by atoms with Gasteiger partial charge in [-0.3, -0.25) is 4.40 Å². The Morgan fingerprint density at radius 2 is 2.36 bits per heavy atom. The molecule has 0 radical (unpaired) electrons. The summed E-state index contributed by atoms with van der Waals surface area (Å²) in [6.45, 7) is 1.44. The molecule has 0 bridgehead atoms. The molecule has 0 saturated heterocycles. The smallest absolute Gasteiger partial charge is 0.255 e. The van der Waals surface area contributed by atoms with E-state index in [2.05, 4.69) is 15.2 Å². The van der Waals surface area contributed by atoms with Crippen LogP contribution in [0.15, 0.2) is 18.5 Å². The SMILES string of the molecule is NCCOCc1nnc2ncccn12. The van der Waals surface area contributed by atoms with E-state index in [4.69, 9.17) is 10.5 Å². The molecular weight excluding hydrogens is 182 g/mol. The van der Waals surface area contributed by atoms with Crippen LogP contribution >= 0.6 is 0 Å². The number of nitrogens with two attached hydrogens (primary N) is 1. The van der Waals surface area contributed by atoms with Gasteiger partial charge in [0, 0.05) is 18.9 Å². The first-order valence-corrected chi connectivity index (χ1v) is 4.34. The lowest BCUT2D eigenvalue weighted by molar-refractivity contribution is 0.122. The third kappa shape index (κ3) is 1.70. The Bertz CT molecular complexity index is 413. The summed E-state index contributed by atoms with van der Waals surface area (Å²) in [6, 6.07) is 1.82. The first-order valence-electron chi connectivity index (χ1n) is 4.34. The highest BCUT2D eigenvalue weighted by atomic mass is 16.5. The van der Waals surface area contributed by atoms with Gasteiger partial charge in [-0.15, -0.1) is 10.2 Å². The van der Waals surface area contributed by atoms with Crippen molar-refractivity contribution in [3.63, 3.8) is 0 Å². The molecule has 0 atom stereocenters. The van der Waals surface area contributed by atoms with E-state index in [1.54, 1.807) is 10.6 Å². The summed E-state index contributed by atoms with van der Waals surface area (Å²) >= 11 is 0. The summed E-state index contributed by atoms with van der Waals surface area (Å²) in [6.07, 6.45) is 3.53. The van der Waals surface area contributed by atoms with Gasteiger partial charge in [0.15, 0.2) is 5.82 Å². The standard InChI is InChI=1S/C8H11N5O/c9-2-5-14-6-7-11-12-8-10-3-1-4-13(7)8/h1,3-4H,2,5-6,9H2. The maximum Gasteiger partial charge on any atom is 0.255 e. The molecule has 0 saturated carbocycles. The second-order valence-corrected chi connectivity index (χ2v) is 2.75. The van der Waals surface area contributed by atoms with Gasteiger partial charge in [0.05, 0.1) is 6.61 Å². The van der Waals surface area contributed by atoms with Crippen LogP contribution in [0.3, 0.4) is 0 Å². The highest BCUT2D eigenvalue weighted by molar-refractivity contribution is 5.25. The summed E-state index contributed by atoms with van der Waals surface area (Å²) in [5.41, 5.74) is 5.30. The van der Waals surface area contributed by atoms with Crippen LogP contribution in [0.1, 0.15) is 5.82 Å². The van der Waals surface area contributed by atoms with E-state index in [1.165, 1.54) is 0 Å². The fourth-order valence-corrected chi connectivity index (χ4v) is 1.13. The van der Waals surface area contributed by atoms with Gasteiger partial charge in [0.25, 0.3) is 5.78 Å². The molecule has 6 nitrogen and oxygen atoms in total. The van der Waals surface area contributed by atoms with Crippen molar-refractivity contribution >= 4 is 5.78 Å². The van der Waals surface area contributed by atoms with Crippen LogP contribution in [0.4, 0.5) is 0 Å². The molecular formula is C8H11N5O. The molecule has 14 heavy (non-hydrogen) atoms. The molecule has 0 spiro atoms. The fraction of sp³-hybridized carbons (Fsp3) is 0.375. The highest BCUT2D eigenvalue weighted by Gasteiger charge is 2.04. The van der Waals surface area contributed by atoms with Gasteiger partial charge in [-0.2, -0.15) is 0 Å². The van der Waals surface area contributed by atoms with Crippen LogP contribution in [0.2, 0.25) is 0 Å². The van der Waals surface area contributed by atoms with Crippen molar-refractivity contribution in [3.05, 3.63) is 24.3 Å². The molecule has 0 aliphatic rings. The van der Waals surface area contributed by atoms with E-state index >= 15 is 0 Å². The predicted octanol–water partition coefficient (Wildman–Crippen LogP) is -0.400. The molecule has 0 aliphatic carbocycles. The number of hydrogen-bond acceptors (Lipinski definition) is 5. The van der Waals surface area contributed by atoms with Crippen molar-refractivity contribution in [1.29, 1.82) is 0 Å². The van der Waals surface area contributed by atoms with Crippen LogP contribution in [0.5, 0.6) is 0 Å². The second kappa shape index (κ2) is 4.12. The summed E-state index contributed by atoms with van der Waals surface area (Å²) in [5.74, 6) is 1.32. The van der Waals surface area contributed by atoms with E-state index in [-0.39, 0.29) is 0 Å². The third-order valence-corrected chi connectivity index (χ3v) is 1.75. The van der Waals surface area contributed by atoms with Gasteiger partial charge in [-0.25, -0.2) is 4.98 Å². The number of aromatic nitrogens is 4. The largest absolute Gasteiger partial charge is 0.372 e. The zero-order chi connectivity index (χ0) is 9.80. The molecule has 0 amide bonds.